The molecule has 5 aliphatic rings. The Morgan fingerprint density at radius 1 is 0.918 bits per heavy atom. The number of hydrogen-bond donors (Lipinski definition) is 2. The molecule has 4 unspecified atom stereocenters. The number of esters is 1. The quantitative estimate of drug-likeness (QED) is 0.176. The highest BCUT2D eigenvalue weighted by Crippen LogP contribution is 2.77. The molecule has 0 bridgehead atoms. The van der Waals surface area contributed by atoms with Gasteiger partial charge in [-0.15, -0.1) is 0 Å². The molecule has 7 nitrogen and oxygen atoms in total. The summed E-state index contributed by atoms with van der Waals surface area (Å²) in [6, 6.07) is 3.17. The predicted molar refractivity (Wildman–Crippen MR) is 187 cm³/mol. The fourth-order valence-corrected chi connectivity index (χ4v) is 12.9. The number of aromatic carboxylic acids is 1. The summed E-state index contributed by atoms with van der Waals surface area (Å²) in [6.45, 7) is 22.2. The lowest BCUT2D eigenvalue weighted by Gasteiger charge is -2.72. The standard InChI is InChI=1S/C42H58O7/c1-25(2)27-15-21-42(20-14-26-10-12-29(48-26)35(44)45)23-22-40(8)28(34(27)42)11-13-31-39(7)18-17-32(49-33(43)24-37(3,4)36(46)47)38(5,6)30(39)16-19-41(31,40)9/h10,12,27-28,30-32,34H,1,11,13,15-19,21-24H2,2-9H3,(H,44,45)(H,46,47)/t27-,28?,30?,31?,32-,34?,39-,40+,41+,42+/m0/s1. The largest absolute Gasteiger partial charge is 0.481 e. The number of carboxylic acid groups (broad SMARTS) is 2. The van der Waals surface area contributed by atoms with Gasteiger partial charge in [0.25, 0.3) is 0 Å². The number of carbonyl (C=O) groups excluding carboxylic acids is 1. The van der Waals surface area contributed by atoms with Crippen molar-refractivity contribution in [3.63, 3.8) is 0 Å². The predicted octanol–water partition coefficient (Wildman–Crippen LogP) is 9.40. The molecule has 0 saturated heterocycles. The normalized spacial score (nSPS) is 40.7. The molecular formula is C42H58O7. The lowest BCUT2D eigenvalue weighted by molar-refractivity contribution is -0.247. The van der Waals surface area contributed by atoms with Crippen molar-refractivity contribution in [1.29, 1.82) is 0 Å². The Morgan fingerprint density at radius 3 is 2.27 bits per heavy atom. The van der Waals surface area contributed by atoms with Crippen LogP contribution >= 0.6 is 0 Å². The number of carboxylic acids is 2. The van der Waals surface area contributed by atoms with E-state index in [1.54, 1.807) is 19.9 Å². The summed E-state index contributed by atoms with van der Waals surface area (Å²) < 4.78 is 11.7. The van der Waals surface area contributed by atoms with Gasteiger partial charge in [-0.05, 0) is 149 Å². The summed E-state index contributed by atoms with van der Waals surface area (Å²) >= 11 is 0. The Bertz CT molecular complexity index is 1600. The number of carbonyl (C=O) groups is 3. The number of fused-ring (bicyclic) bond motifs is 7. The highest BCUT2D eigenvalue weighted by atomic mass is 16.5. The number of allylic oxidation sites excluding steroid dienone is 1. The van der Waals surface area contributed by atoms with E-state index in [0.29, 0.717) is 35.3 Å². The van der Waals surface area contributed by atoms with Crippen LogP contribution in [0, 0.1) is 73.9 Å². The molecule has 6 rings (SSSR count). The van der Waals surface area contributed by atoms with E-state index in [1.807, 2.05) is 0 Å². The van der Waals surface area contributed by atoms with E-state index in [1.165, 1.54) is 24.5 Å². The summed E-state index contributed by atoms with van der Waals surface area (Å²) in [4.78, 5) is 36.2. The van der Waals surface area contributed by atoms with Crippen LogP contribution in [0.3, 0.4) is 0 Å². The Kier molecular flexibility index (Phi) is 8.60. The molecule has 5 fully saturated rings. The molecule has 49 heavy (non-hydrogen) atoms. The third-order valence-corrected chi connectivity index (χ3v) is 15.7. The Morgan fingerprint density at radius 2 is 1.63 bits per heavy atom. The van der Waals surface area contributed by atoms with Crippen LogP contribution in [0.25, 0.3) is 0 Å². The smallest absolute Gasteiger partial charge is 0.371 e. The third-order valence-electron chi connectivity index (χ3n) is 15.7. The van der Waals surface area contributed by atoms with Gasteiger partial charge in [-0.2, -0.15) is 0 Å². The van der Waals surface area contributed by atoms with Crippen LogP contribution in [-0.4, -0.2) is 34.2 Å². The number of hydrogen-bond acceptors (Lipinski definition) is 5. The second-order valence-electron chi connectivity index (χ2n) is 18.8. The molecule has 268 valence electrons. The topological polar surface area (TPSA) is 114 Å². The Balaban J connectivity index is 1.28. The average Bonchev–Trinajstić information content (AvgIpc) is 3.64. The molecule has 1 aromatic rings. The summed E-state index contributed by atoms with van der Waals surface area (Å²) in [6.07, 6.45) is 10.4. The van der Waals surface area contributed by atoms with Gasteiger partial charge in [-0.1, -0.05) is 52.7 Å². The zero-order valence-electron chi connectivity index (χ0n) is 31.0. The molecule has 5 saturated carbocycles. The van der Waals surface area contributed by atoms with Gasteiger partial charge in [0.1, 0.15) is 6.10 Å². The molecule has 5 aliphatic carbocycles. The maximum atomic E-state index is 13.1. The molecule has 1 heterocycles. The third kappa shape index (κ3) is 5.41. The van der Waals surface area contributed by atoms with Gasteiger partial charge in [0, 0.05) is 10.8 Å². The zero-order valence-corrected chi connectivity index (χ0v) is 31.0. The van der Waals surface area contributed by atoms with Crippen LogP contribution in [0.1, 0.15) is 142 Å². The van der Waals surface area contributed by atoms with Crippen LogP contribution < -0.4 is 0 Å². The maximum absolute atomic E-state index is 13.1. The molecule has 0 radical (unpaired) electrons. The minimum atomic E-state index is -1.15. The van der Waals surface area contributed by atoms with E-state index >= 15 is 0 Å². The van der Waals surface area contributed by atoms with Crippen LogP contribution in [0.15, 0.2) is 28.7 Å². The van der Waals surface area contributed by atoms with Gasteiger partial charge >= 0.3 is 17.9 Å². The van der Waals surface area contributed by atoms with Crippen molar-refractivity contribution < 1.29 is 33.8 Å². The molecular weight excluding hydrogens is 616 g/mol. The van der Waals surface area contributed by atoms with Gasteiger partial charge in [0.05, 0.1) is 11.8 Å². The second kappa shape index (κ2) is 11.8. The number of furan rings is 1. The van der Waals surface area contributed by atoms with E-state index in [0.717, 1.165) is 51.4 Å². The summed E-state index contributed by atoms with van der Waals surface area (Å²) in [5, 5.41) is 18.9. The van der Waals surface area contributed by atoms with E-state index in [9.17, 15) is 24.6 Å². The highest BCUT2D eigenvalue weighted by Gasteiger charge is 2.71. The molecule has 7 heteroatoms. The van der Waals surface area contributed by atoms with Gasteiger partial charge in [-0.3, -0.25) is 9.59 Å². The monoisotopic (exact) mass is 674 g/mol. The maximum Gasteiger partial charge on any atom is 0.371 e. The lowest BCUT2D eigenvalue weighted by Crippen LogP contribution is -2.66. The highest BCUT2D eigenvalue weighted by molar-refractivity contribution is 5.84. The van der Waals surface area contributed by atoms with Crippen molar-refractivity contribution >= 4 is 17.9 Å². The molecule has 0 amide bonds. The minimum absolute atomic E-state index is 0.0753. The zero-order chi connectivity index (χ0) is 35.9. The molecule has 0 spiro atoms. The Labute approximate surface area is 293 Å². The SMILES string of the molecule is C=C(C)[C@@H]1CC[C@]2(C#Cc3ccc(C(=O)O)o3)CC[C@]3(C)C(CCC4[C@@]5(C)CC[C@H](OC(=O)CC(C)(C)C(=O)O)C(C)(C)C5CC[C@]43C)C12. The first-order chi connectivity index (χ1) is 22.7. The summed E-state index contributed by atoms with van der Waals surface area (Å²) in [7, 11) is 0. The fraction of sp³-hybridized carbons (Fsp3) is 0.738. The Hall–Kier alpha value is -3.01. The van der Waals surface area contributed by atoms with Crippen LogP contribution in [0.4, 0.5) is 0 Å². The van der Waals surface area contributed by atoms with Crippen molar-refractivity contribution in [3.8, 4) is 11.8 Å². The first-order valence-corrected chi connectivity index (χ1v) is 18.7. The first-order valence-electron chi connectivity index (χ1n) is 18.7. The van der Waals surface area contributed by atoms with Gasteiger partial charge in [0.15, 0.2) is 5.76 Å². The van der Waals surface area contributed by atoms with E-state index < -0.39 is 23.3 Å². The summed E-state index contributed by atoms with van der Waals surface area (Å²) in [5.41, 5.74) is 0.183. The minimum Gasteiger partial charge on any atom is -0.481 e. The van der Waals surface area contributed by atoms with Crippen molar-refractivity contribution in [1.82, 2.24) is 0 Å². The molecule has 0 aliphatic heterocycles. The summed E-state index contributed by atoms with van der Waals surface area (Å²) in [5.74, 6) is 7.24. The van der Waals surface area contributed by atoms with Crippen LogP contribution in [-0.2, 0) is 14.3 Å². The number of aliphatic carboxylic acids is 1. The molecule has 10 atom stereocenters. The van der Waals surface area contributed by atoms with E-state index in [2.05, 4.69) is 60.0 Å². The van der Waals surface area contributed by atoms with Crippen LogP contribution in [0.5, 0.6) is 0 Å². The molecule has 2 N–H and O–H groups in total. The average molecular weight is 675 g/mol. The van der Waals surface area contributed by atoms with Gasteiger partial charge < -0.3 is 19.4 Å². The van der Waals surface area contributed by atoms with E-state index in [-0.39, 0.29) is 45.4 Å². The van der Waals surface area contributed by atoms with Crippen molar-refractivity contribution in [2.75, 3.05) is 0 Å². The van der Waals surface area contributed by atoms with Crippen molar-refractivity contribution in [2.24, 2.45) is 62.1 Å². The fourth-order valence-electron chi connectivity index (χ4n) is 12.9. The van der Waals surface area contributed by atoms with Crippen molar-refractivity contribution in [2.45, 2.75) is 132 Å². The number of rotatable bonds is 6. The van der Waals surface area contributed by atoms with Crippen LogP contribution in [0.2, 0.25) is 0 Å². The first kappa shape index (κ1) is 35.8. The van der Waals surface area contributed by atoms with Crippen molar-refractivity contribution in [3.05, 3.63) is 35.8 Å². The lowest BCUT2D eigenvalue weighted by atomic mass is 9.32. The second-order valence-corrected chi connectivity index (χ2v) is 18.8. The van der Waals surface area contributed by atoms with Gasteiger partial charge in [0.2, 0.25) is 5.76 Å². The number of ether oxygens (including phenoxy) is 1. The molecule has 1 aromatic heterocycles. The van der Waals surface area contributed by atoms with Gasteiger partial charge in [-0.25, -0.2) is 4.79 Å². The van der Waals surface area contributed by atoms with E-state index in [4.69, 9.17) is 9.15 Å². The molecule has 0 aromatic carbocycles.